The number of primary amides is 1. The first-order valence-electron chi connectivity index (χ1n) is 10.6. The SMILES string of the molecule is CC[C@@]12C[C@@](C)(O)[C@](O)(c3ccccn3)C[C@H]1CC(=O)c1cc(OCC(N)=O)ccc12. The van der Waals surface area contributed by atoms with Crippen molar-refractivity contribution in [3.8, 4) is 5.75 Å². The van der Waals surface area contributed by atoms with Gasteiger partial charge in [0, 0.05) is 23.6 Å². The van der Waals surface area contributed by atoms with E-state index in [2.05, 4.69) is 4.98 Å². The fraction of sp³-hybridized carbons (Fsp3) is 0.458. The maximum atomic E-state index is 13.1. The van der Waals surface area contributed by atoms with Gasteiger partial charge in [0.25, 0.3) is 5.91 Å². The van der Waals surface area contributed by atoms with Crippen LogP contribution < -0.4 is 10.5 Å². The largest absolute Gasteiger partial charge is 0.484 e. The molecule has 7 nitrogen and oxygen atoms in total. The van der Waals surface area contributed by atoms with E-state index in [1.807, 2.05) is 13.0 Å². The number of aliphatic hydroxyl groups is 2. The van der Waals surface area contributed by atoms with E-state index >= 15 is 0 Å². The number of nitrogens with zero attached hydrogens (tertiary/aromatic N) is 1. The first-order chi connectivity index (χ1) is 14.6. The van der Waals surface area contributed by atoms with E-state index in [0.717, 1.165) is 5.56 Å². The molecule has 4 atom stereocenters. The standard InChI is InChI=1S/C24H28N2O5/c1-3-23-14-22(2,29)24(30,20-6-4-5-9-26-20)12-15(23)10-19(27)17-11-16(7-8-18(17)23)31-13-21(25)28/h4-9,11,15,29-30H,3,10,12-14H2,1-2H3,(H2,25,28)/t15-,22-,23-,24-/m1/s1. The average molecular weight is 424 g/mol. The van der Waals surface area contributed by atoms with Crippen molar-refractivity contribution in [1.29, 1.82) is 0 Å². The lowest BCUT2D eigenvalue weighted by Crippen LogP contribution is -2.62. The van der Waals surface area contributed by atoms with Crippen LogP contribution in [-0.2, 0) is 15.8 Å². The zero-order valence-electron chi connectivity index (χ0n) is 17.8. The molecule has 0 radical (unpaired) electrons. The Bertz CT molecular complexity index is 1020. The zero-order valence-corrected chi connectivity index (χ0v) is 17.8. The van der Waals surface area contributed by atoms with Crippen LogP contribution in [0.4, 0.5) is 0 Å². The molecule has 4 rings (SSSR count). The molecule has 4 N–H and O–H groups in total. The van der Waals surface area contributed by atoms with E-state index in [4.69, 9.17) is 10.5 Å². The number of pyridine rings is 1. The number of rotatable bonds is 5. The molecular weight excluding hydrogens is 396 g/mol. The van der Waals surface area contributed by atoms with Gasteiger partial charge in [-0.2, -0.15) is 0 Å². The van der Waals surface area contributed by atoms with Gasteiger partial charge in [0.1, 0.15) is 11.4 Å². The number of carbonyl (C=O) groups excluding carboxylic acids is 2. The second-order valence-corrected chi connectivity index (χ2v) is 9.03. The Morgan fingerprint density at radius 3 is 2.71 bits per heavy atom. The van der Waals surface area contributed by atoms with E-state index in [-0.39, 0.29) is 37.6 Å². The molecule has 1 heterocycles. The van der Waals surface area contributed by atoms with E-state index in [0.29, 0.717) is 23.4 Å². The molecule has 0 unspecified atom stereocenters. The fourth-order valence-corrected chi connectivity index (χ4v) is 5.62. The van der Waals surface area contributed by atoms with Crippen LogP contribution in [0.25, 0.3) is 0 Å². The summed E-state index contributed by atoms with van der Waals surface area (Å²) in [4.78, 5) is 28.4. The van der Waals surface area contributed by atoms with Crippen LogP contribution in [0.5, 0.6) is 5.75 Å². The van der Waals surface area contributed by atoms with Crippen LogP contribution in [-0.4, -0.2) is 39.1 Å². The summed E-state index contributed by atoms with van der Waals surface area (Å²) in [6.45, 7) is 3.43. The molecule has 1 saturated carbocycles. The van der Waals surface area contributed by atoms with Crippen LogP contribution in [0.1, 0.15) is 61.1 Å². The lowest BCUT2D eigenvalue weighted by atomic mass is 9.49. The van der Waals surface area contributed by atoms with Crippen molar-refractivity contribution in [3.63, 3.8) is 0 Å². The van der Waals surface area contributed by atoms with Gasteiger partial charge in [0.2, 0.25) is 0 Å². The van der Waals surface area contributed by atoms with E-state index in [1.54, 1.807) is 43.5 Å². The Hall–Kier alpha value is -2.77. The van der Waals surface area contributed by atoms with Crippen molar-refractivity contribution < 1.29 is 24.5 Å². The number of carbonyl (C=O) groups is 2. The number of amides is 1. The molecule has 0 bridgehead atoms. The summed E-state index contributed by atoms with van der Waals surface area (Å²) in [7, 11) is 0. The molecule has 0 saturated heterocycles. The van der Waals surface area contributed by atoms with Crippen LogP contribution in [0, 0.1) is 5.92 Å². The number of Topliss-reactive ketones (excluding diaryl/α,β-unsaturated/α-hetero) is 1. The molecule has 2 aromatic rings. The summed E-state index contributed by atoms with van der Waals surface area (Å²) in [5.74, 6) is -0.380. The minimum absolute atomic E-state index is 0.0430. The van der Waals surface area contributed by atoms with Crippen LogP contribution in [0.2, 0.25) is 0 Å². The monoisotopic (exact) mass is 424 g/mol. The molecule has 1 fully saturated rings. The molecule has 2 aliphatic rings. The van der Waals surface area contributed by atoms with Gasteiger partial charge in [-0.15, -0.1) is 0 Å². The number of ether oxygens (including phenoxy) is 1. The second-order valence-electron chi connectivity index (χ2n) is 9.03. The number of aromatic nitrogens is 1. The van der Waals surface area contributed by atoms with Crippen molar-refractivity contribution in [3.05, 3.63) is 59.4 Å². The first kappa shape index (κ1) is 21.5. The highest BCUT2D eigenvalue weighted by Gasteiger charge is 2.62. The van der Waals surface area contributed by atoms with Crippen molar-refractivity contribution in [2.24, 2.45) is 11.7 Å². The summed E-state index contributed by atoms with van der Waals surface area (Å²) in [5, 5.41) is 23.2. The van der Waals surface area contributed by atoms with Gasteiger partial charge in [0.15, 0.2) is 12.4 Å². The molecule has 31 heavy (non-hydrogen) atoms. The maximum absolute atomic E-state index is 13.1. The molecule has 0 aliphatic heterocycles. The van der Waals surface area contributed by atoms with Gasteiger partial charge in [-0.1, -0.05) is 19.1 Å². The van der Waals surface area contributed by atoms with Crippen LogP contribution >= 0.6 is 0 Å². The quantitative estimate of drug-likeness (QED) is 0.676. The Morgan fingerprint density at radius 1 is 1.29 bits per heavy atom. The normalized spacial score (nSPS) is 32.1. The summed E-state index contributed by atoms with van der Waals surface area (Å²) in [5.41, 5.74) is 3.48. The Kier molecular flexibility index (Phi) is 5.14. The van der Waals surface area contributed by atoms with Gasteiger partial charge >= 0.3 is 0 Å². The minimum atomic E-state index is -1.56. The first-order valence-corrected chi connectivity index (χ1v) is 10.6. The number of nitrogens with two attached hydrogens (primary N) is 1. The zero-order chi connectivity index (χ0) is 22.4. The molecule has 0 spiro atoms. The Labute approximate surface area is 181 Å². The highest BCUT2D eigenvalue weighted by Crippen LogP contribution is 2.59. The molecule has 7 heteroatoms. The molecule has 164 valence electrons. The number of fused-ring (bicyclic) bond motifs is 3. The number of hydrogen-bond donors (Lipinski definition) is 3. The van der Waals surface area contributed by atoms with Gasteiger partial charge in [-0.25, -0.2) is 0 Å². The maximum Gasteiger partial charge on any atom is 0.255 e. The summed E-state index contributed by atoms with van der Waals surface area (Å²) in [6.07, 6.45) is 3.07. The van der Waals surface area contributed by atoms with Crippen molar-refractivity contribution in [2.45, 2.75) is 56.1 Å². The smallest absolute Gasteiger partial charge is 0.255 e. The van der Waals surface area contributed by atoms with Gasteiger partial charge < -0.3 is 20.7 Å². The van der Waals surface area contributed by atoms with Gasteiger partial charge in [0.05, 0.1) is 11.3 Å². The third-order valence-corrected chi connectivity index (χ3v) is 7.23. The topological polar surface area (TPSA) is 123 Å². The van der Waals surface area contributed by atoms with Gasteiger partial charge in [-0.05, 0) is 61.9 Å². The molecule has 2 aliphatic carbocycles. The van der Waals surface area contributed by atoms with E-state index < -0.39 is 22.5 Å². The Balaban J connectivity index is 1.78. The summed E-state index contributed by atoms with van der Waals surface area (Å²) >= 11 is 0. The average Bonchev–Trinajstić information content (AvgIpc) is 2.74. The number of benzene rings is 1. The molecule has 1 amide bonds. The molecular formula is C24H28N2O5. The van der Waals surface area contributed by atoms with E-state index in [9.17, 15) is 19.8 Å². The van der Waals surface area contributed by atoms with E-state index in [1.165, 1.54) is 0 Å². The highest BCUT2D eigenvalue weighted by atomic mass is 16.5. The van der Waals surface area contributed by atoms with Crippen molar-refractivity contribution in [2.75, 3.05) is 6.61 Å². The lowest BCUT2D eigenvalue weighted by molar-refractivity contribution is -0.205. The summed E-state index contributed by atoms with van der Waals surface area (Å²) in [6, 6.07) is 10.5. The fourth-order valence-electron chi connectivity index (χ4n) is 5.62. The summed E-state index contributed by atoms with van der Waals surface area (Å²) < 4.78 is 5.39. The number of ketones is 1. The second kappa shape index (κ2) is 7.43. The third-order valence-electron chi connectivity index (χ3n) is 7.23. The van der Waals surface area contributed by atoms with Crippen molar-refractivity contribution in [1.82, 2.24) is 4.98 Å². The predicted octanol–water partition coefficient (Wildman–Crippen LogP) is 2.23. The predicted molar refractivity (Wildman–Crippen MR) is 114 cm³/mol. The van der Waals surface area contributed by atoms with Gasteiger partial charge in [-0.3, -0.25) is 14.6 Å². The third kappa shape index (κ3) is 3.32. The molecule has 1 aromatic heterocycles. The number of hydrogen-bond acceptors (Lipinski definition) is 6. The minimum Gasteiger partial charge on any atom is -0.484 e. The van der Waals surface area contributed by atoms with Crippen LogP contribution in [0.15, 0.2) is 42.6 Å². The highest BCUT2D eigenvalue weighted by molar-refractivity contribution is 6.00. The molecule has 1 aromatic carbocycles. The van der Waals surface area contributed by atoms with Crippen molar-refractivity contribution >= 4 is 11.7 Å². The van der Waals surface area contributed by atoms with Crippen LogP contribution in [0.3, 0.4) is 0 Å². The Morgan fingerprint density at radius 2 is 2.06 bits per heavy atom. The lowest BCUT2D eigenvalue weighted by Gasteiger charge is -2.58.